The first kappa shape index (κ1) is 14.8. The quantitative estimate of drug-likeness (QED) is 0.837. The van der Waals surface area contributed by atoms with Gasteiger partial charge in [-0.1, -0.05) is 38.1 Å². The number of nitrogens with one attached hydrogen (secondary N) is 1. The molecule has 2 bridgehead atoms. The molecule has 2 aliphatic heterocycles. The number of hydrogen-bond acceptors (Lipinski definition) is 3. The molecule has 2 aliphatic rings. The topological polar surface area (TPSA) is 75.6 Å². The zero-order valence-corrected chi connectivity index (χ0v) is 12.5. The van der Waals surface area contributed by atoms with E-state index in [-0.39, 0.29) is 5.91 Å². The third kappa shape index (κ3) is 2.52. The van der Waals surface area contributed by atoms with E-state index in [1.54, 1.807) is 12.2 Å². The van der Waals surface area contributed by atoms with Crippen LogP contribution in [0, 0.1) is 11.8 Å². The van der Waals surface area contributed by atoms with E-state index in [9.17, 15) is 14.7 Å². The Morgan fingerprint density at radius 1 is 1.09 bits per heavy atom. The van der Waals surface area contributed by atoms with Crippen molar-refractivity contribution in [2.75, 3.05) is 5.32 Å². The van der Waals surface area contributed by atoms with Crippen molar-refractivity contribution in [1.29, 1.82) is 0 Å². The monoisotopic (exact) mass is 301 g/mol. The van der Waals surface area contributed by atoms with E-state index in [4.69, 9.17) is 4.74 Å². The number of hydrogen-bond donors (Lipinski definition) is 2. The van der Waals surface area contributed by atoms with E-state index in [1.165, 1.54) is 5.56 Å². The molecule has 0 unspecified atom stereocenters. The van der Waals surface area contributed by atoms with Crippen LogP contribution in [0.4, 0.5) is 5.69 Å². The van der Waals surface area contributed by atoms with Crippen molar-refractivity contribution in [2.24, 2.45) is 11.8 Å². The molecule has 1 amide bonds. The van der Waals surface area contributed by atoms with Crippen LogP contribution in [-0.2, 0) is 14.3 Å². The summed E-state index contributed by atoms with van der Waals surface area (Å²) in [5, 5.41) is 12.1. The maximum Gasteiger partial charge on any atom is 0.310 e. The molecule has 3 rings (SSSR count). The molecule has 116 valence electrons. The van der Waals surface area contributed by atoms with Gasteiger partial charge < -0.3 is 15.2 Å². The van der Waals surface area contributed by atoms with Crippen LogP contribution >= 0.6 is 0 Å². The van der Waals surface area contributed by atoms with Crippen molar-refractivity contribution >= 4 is 17.6 Å². The van der Waals surface area contributed by atoms with E-state index in [2.05, 4.69) is 19.2 Å². The summed E-state index contributed by atoms with van der Waals surface area (Å²) in [4.78, 5) is 23.8. The number of rotatable bonds is 4. The highest BCUT2D eigenvalue weighted by molar-refractivity contribution is 5.96. The fourth-order valence-corrected chi connectivity index (χ4v) is 3.09. The molecule has 1 aromatic carbocycles. The molecule has 2 N–H and O–H groups in total. The molecule has 4 atom stereocenters. The second-order valence-corrected chi connectivity index (χ2v) is 6.11. The first-order valence-corrected chi connectivity index (χ1v) is 7.45. The maximum atomic E-state index is 12.4. The van der Waals surface area contributed by atoms with Crippen molar-refractivity contribution in [3.8, 4) is 0 Å². The largest absolute Gasteiger partial charge is 0.481 e. The number of carboxylic acid groups (broad SMARTS) is 1. The summed E-state index contributed by atoms with van der Waals surface area (Å²) in [7, 11) is 0. The number of carbonyl (C=O) groups excluding carboxylic acids is 1. The van der Waals surface area contributed by atoms with Crippen LogP contribution in [0.5, 0.6) is 0 Å². The van der Waals surface area contributed by atoms with Crippen molar-refractivity contribution < 1.29 is 19.4 Å². The molecule has 2 heterocycles. The van der Waals surface area contributed by atoms with Gasteiger partial charge in [0, 0.05) is 5.69 Å². The molecule has 0 aromatic heterocycles. The lowest BCUT2D eigenvalue weighted by Crippen LogP contribution is -2.39. The zero-order valence-electron chi connectivity index (χ0n) is 12.5. The van der Waals surface area contributed by atoms with Crippen molar-refractivity contribution in [3.05, 3.63) is 42.0 Å². The maximum absolute atomic E-state index is 12.4. The second-order valence-electron chi connectivity index (χ2n) is 6.11. The summed E-state index contributed by atoms with van der Waals surface area (Å²) in [5.74, 6) is -2.37. The normalized spacial score (nSPS) is 29.0. The third-order valence-corrected chi connectivity index (χ3v) is 4.33. The van der Waals surface area contributed by atoms with Gasteiger partial charge in [0.15, 0.2) is 0 Å². The molecular formula is C17H19NO4. The highest BCUT2D eigenvalue weighted by atomic mass is 16.5. The van der Waals surface area contributed by atoms with E-state index < -0.39 is 30.0 Å². The lowest BCUT2D eigenvalue weighted by atomic mass is 9.82. The van der Waals surface area contributed by atoms with Crippen LogP contribution in [0.1, 0.15) is 25.3 Å². The zero-order chi connectivity index (χ0) is 15.9. The number of carboxylic acids is 1. The minimum absolute atomic E-state index is 0.304. The molecule has 0 saturated carbocycles. The standard InChI is InChI=1S/C17H19NO4/c1-9(2)10-3-5-11(6-4-10)18-16(19)14-12-7-8-13(22-12)15(14)17(20)21/h3-9,12-15H,1-2H3,(H,18,19)(H,20,21)/t12-,13-,14-,15-/m0/s1. The highest BCUT2D eigenvalue weighted by Gasteiger charge is 2.53. The van der Waals surface area contributed by atoms with E-state index in [0.717, 1.165) is 0 Å². The summed E-state index contributed by atoms with van der Waals surface area (Å²) in [6.45, 7) is 4.20. The predicted molar refractivity (Wildman–Crippen MR) is 81.6 cm³/mol. The number of benzene rings is 1. The number of fused-ring (bicyclic) bond motifs is 2. The second kappa shape index (κ2) is 5.57. The van der Waals surface area contributed by atoms with Gasteiger partial charge in [0.1, 0.15) is 5.92 Å². The predicted octanol–water partition coefficient (Wildman–Crippen LogP) is 2.40. The molecule has 0 spiro atoms. The third-order valence-electron chi connectivity index (χ3n) is 4.33. The number of amides is 1. The molecule has 5 heteroatoms. The number of carbonyl (C=O) groups is 2. The number of aliphatic carboxylic acids is 1. The molecule has 0 radical (unpaired) electrons. The first-order chi connectivity index (χ1) is 10.5. The van der Waals surface area contributed by atoms with E-state index >= 15 is 0 Å². The smallest absolute Gasteiger partial charge is 0.310 e. The van der Waals surface area contributed by atoms with Crippen LogP contribution in [0.3, 0.4) is 0 Å². The summed E-state index contributed by atoms with van der Waals surface area (Å²) in [6, 6.07) is 7.61. The number of anilines is 1. The molecule has 5 nitrogen and oxygen atoms in total. The van der Waals surface area contributed by atoms with Crippen LogP contribution in [0.15, 0.2) is 36.4 Å². The Hall–Kier alpha value is -2.14. The van der Waals surface area contributed by atoms with Gasteiger partial charge in [-0.3, -0.25) is 9.59 Å². The molecule has 1 fully saturated rings. The molecule has 0 aliphatic carbocycles. The van der Waals surface area contributed by atoms with Crippen molar-refractivity contribution in [3.63, 3.8) is 0 Å². The van der Waals surface area contributed by atoms with E-state index in [1.807, 2.05) is 24.3 Å². The van der Waals surface area contributed by atoms with E-state index in [0.29, 0.717) is 11.6 Å². The molecule has 1 aromatic rings. The number of ether oxygens (including phenoxy) is 1. The van der Waals surface area contributed by atoms with Gasteiger partial charge in [-0.25, -0.2) is 0 Å². The van der Waals surface area contributed by atoms with Crippen LogP contribution in [0.25, 0.3) is 0 Å². The summed E-state index contributed by atoms with van der Waals surface area (Å²) < 4.78 is 5.52. The van der Waals surface area contributed by atoms with Crippen molar-refractivity contribution in [2.45, 2.75) is 32.0 Å². The highest BCUT2D eigenvalue weighted by Crippen LogP contribution is 2.39. The first-order valence-electron chi connectivity index (χ1n) is 7.45. The Balaban J connectivity index is 1.74. The van der Waals surface area contributed by atoms with Gasteiger partial charge in [-0.05, 0) is 23.6 Å². The molecule has 22 heavy (non-hydrogen) atoms. The van der Waals surface area contributed by atoms with Crippen LogP contribution in [0.2, 0.25) is 0 Å². The Kier molecular flexibility index (Phi) is 3.74. The Bertz CT molecular complexity index is 620. The fourth-order valence-electron chi connectivity index (χ4n) is 3.09. The fraction of sp³-hybridized carbons (Fsp3) is 0.412. The van der Waals surface area contributed by atoms with Gasteiger partial charge >= 0.3 is 5.97 Å². The molecular weight excluding hydrogens is 282 g/mol. The Morgan fingerprint density at radius 2 is 1.68 bits per heavy atom. The summed E-state index contributed by atoms with van der Waals surface area (Å²) >= 11 is 0. The Labute approximate surface area is 129 Å². The van der Waals surface area contributed by atoms with Gasteiger partial charge in [0.25, 0.3) is 0 Å². The summed E-state index contributed by atoms with van der Waals surface area (Å²) in [5.41, 5.74) is 1.86. The lowest BCUT2D eigenvalue weighted by Gasteiger charge is -2.21. The minimum Gasteiger partial charge on any atom is -0.481 e. The van der Waals surface area contributed by atoms with Crippen molar-refractivity contribution in [1.82, 2.24) is 0 Å². The average molecular weight is 301 g/mol. The average Bonchev–Trinajstić information content (AvgIpc) is 3.08. The van der Waals surface area contributed by atoms with Gasteiger partial charge in [-0.2, -0.15) is 0 Å². The van der Waals surface area contributed by atoms with Crippen LogP contribution in [-0.4, -0.2) is 29.2 Å². The van der Waals surface area contributed by atoms with Crippen LogP contribution < -0.4 is 5.32 Å². The van der Waals surface area contributed by atoms with Gasteiger partial charge in [-0.15, -0.1) is 0 Å². The summed E-state index contributed by atoms with van der Waals surface area (Å²) in [6.07, 6.45) is 2.56. The minimum atomic E-state index is -0.993. The SMILES string of the molecule is CC(C)c1ccc(NC(=O)[C@@H]2[C@@H](C(=O)O)[C@@H]3C=C[C@@H]2O3)cc1. The Morgan fingerprint density at radius 3 is 2.23 bits per heavy atom. The van der Waals surface area contributed by atoms with Gasteiger partial charge in [0.05, 0.1) is 18.1 Å². The molecule has 1 saturated heterocycles. The van der Waals surface area contributed by atoms with Gasteiger partial charge in [0.2, 0.25) is 5.91 Å². The lowest BCUT2D eigenvalue weighted by molar-refractivity contribution is -0.145.